The van der Waals surface area contributed by atoms with Gasteiger partial charge >= 0.3 is 5.97 Å². The summed E-state index contributed by atoms with van der Waals surface area (Å²) in [6.45, 7) is 0. The Labute approximate surface area is 101 Å². The lowest BCUT2D eigenvalue weighted by molar-refractivity contribution is -0.142. The molecule has 0 aliphatic rings. The summed E-state index contributed by atoms with van der Waals surface area (Å²) in [5.74, 6) is -0.496. The van der Waals surface area contributed by atoms with E-state index in [0.29, 0.717) is 6.42 Å². The van der Waals surface area contributed by atoms with Crippen LogP contribution in [0, 0.1) is 0 Å². The minimum atomic E-state index is -0.554. The number of carbonyl (C=O) groups excluding carboxylic acids is 2. The average molecular weight is 235 g/mol. The number of ketones is 1. The van der Waals surface area contributed by atoms with Gasteiger partial charge in [0.1, 0.15) is 5.78 Å². The Hall–Kier alpha value is -1.68. The fraction of sp³-hybridized carbons (Fsp3) is 0.385. The van der Waals surface area contributed by atoms with Crippen LogP contribution in [-0.4, -0.2) is 24.9 Å². The van der Waals surface area contributed by atoms with Crippen molar-refractivity contribution in [1.82, 2.24) is 0 Å². The monoisotopic (exact) mass is 235 g/mol. The fourth-order valence-corrected chi connectivity index (χ4v) is 1.49. The van der Waals surface area contributed by atoms with Crippen LogP contribution in [0.5, 0.6) is 0 Å². The van der Waals surface area contributed by atoms with Crippen molar-refractivity contribution in [1.29, 1.82) is 0 Å². The van der Waals surface area contributed by atoms with Gasteiger partial charge in [0.05, 0.1) is 19.6 Å². The summed E-state index contributed by atoms with van der Waals surface area (Å²) < 4.78 is 4.47. The Morgan fingerprint density at radius 1 is 1.24 bits per heavy atom. The van der Waals surface area contributed by atoms with Crippen molar-refractivity contribution in [2.75, 3.05) is 7.11 Å². The van der Waals surface area contributed by atoms with E-state index in [1.807, 2.05) is 30.3 Å². The van der Waals surface area contributed by atoms with E-state index in [4.69, 9.17) is 5.73 Å². The first-order chi connectivity index (χ1) is 8.13. The zero-order valence-electron chi connectivity index (χ0n) is 9.89. The van der Waals surface area contributed by atoms with Crippen LogP contribution in [0.25, 0.3) is 0 Å². The maximum absolute atomic E-state index is 11.6. The van der Waals surface area contributed by atoms with Crippen molar-refractivity contribution < 1.29 is 14.3 Å². The molecule has 1 atom stereocenters. The SMILES string of the molecule is COC(=O)CCC(=O)[C@@H](N)Cc1ccccc1. The van der Waals surface area contributed by atoms with Crippen molar-refractivity contribution in [2.24, 2.45) is 5.73 Å². The highest BCUT2D eigenvalue weighted by molar-refractivity contribution is 5.87. The van der Waals surface area contributed by atoms with Crippen molar-refractivity contribution in [2.45, 2.75) is 25.3 Å². The first-order valence-electron chi connectivity index (χ1n) is 5.52. The molecule has 0 aliphatic heterocycles. The van der Waals surface area contributed by atoms with Crippen molar-refractivity contribution in [3.63, 3.8) is 0 Å². The van der Waals surface area contributed by atoms with Gasteiger partial charge in [-0.15, -0.1) is 0 Å². The summed E-state index contributed by atoms with van der Waals surface area (Å²) in [6, 6.07) is 9.01. The Balaban J connectivity index is 2.40. The van der Waals surface area contributed by atoms with Gasteiger partial charge < -0.3 is 10.5 Å². The van der Waals surface area contributed by atoms with E-state index in [1.165, 1.54) is 7.11 Å². The predicted octanol–water partition coefficient (Wildman–Crippen LogP) is 1.08. The molecule has 0 aliphatic carbocycles. The second kappa shape index (κ2) is 6.81. The van der Waals surface area contributed by atoms with E-state index in [0.717, 1.165) is 5.56 Å². The second-order valence-electron chi connectivity index (χ2n) is 3.84. The number of nitrogens with two attached hydrogens (primary N) is 1. The Morgan fingerprint density at radius 2 is 1.88 bits per heavy atom. The Morgan fingerprint density at radius 3 is 2.47 bits per heavy atom. The lowest BCUT2D eigenvalue weighted by atomic mass is 10.0. The number of methoxy groups -OCH3 is 1. The highest BCUT2D eigenvalue weighted by Crippen LogP contribution is 2.05. The van der Waals surface area contributed by atoms with Gasteiger partial charge in [-0.05, 0) is 12.0 Å². The zero-order chi connectivity index (χ0) is 12.7. The molecule has 0 spiro atoms. The molecular formula is C13H17NO3. The van der Waals surface area contributed by atoms with Gasteiger partial charge in [-0.2, -0.15) is 0 Å². The van der Waals surface area contributed by atoms with Crippen LogP contribution < -0.4 is 5.73 Å². The van der Waals surface area contributed by atoms with E-state index in [1.54, 1.807) is 0 Å². The maximum Gasteiger partial charge on any atom is 0.305 e. The molecule has 2 N–H and O–H groups in total. The van der Waals surface area contributed by atoms with Gasteiger partial charge in [0.2, 0.25) is 0 Å². The number of esters is 1. The predicted molar refractivity (Wildman–Crippen MR) is 64.4 cm³/mol. The van der Waals surface area contributed by atoms with E-state index >= 15 is 0 Å². The molecule has 0 bridgehead atoms. The van der Waals surface area contributed by atoms with Crippen LogP contribution in [-0.2, 0) is 20.7 Å². The highest BCUT2D eigenvalue weighted by atomic mass is 16.5. The molecule has 4 nitrogen and oxygen atoms in total. The van der Waals surface area contributed by atoms with E-state index in [-0.39, 0.29) is 24.6 Å². The number of carbonyl (C=O) groups is 2. The highest BCUT2D eigenvalue weighted by Gasteiger charge is 2.15. The lowest BCUT2D eigenvalue weighted by Gasteiger charge is -2.10. The third kappa shape index (κ3) is 4.78. The first kappa shape index (κ1) is 13.4. The number of hydrogen-bond acceptors (Lipinski definition) is 4. The average Bonchev–Trinajstić information content (AvgIpc) is 2.36. The molecule has 0 heterocycles. The van der Waals surface area contributed by atoms with Gasteiger partial charge in [0, 0.05) is 6.42 Å². The van der Waals surface area contributed by atoms with Crippen LogP contribution in [0.3, 0.4) is 0 Å². The summed E-state index contributed by atoms with van der Waals surface area (Å²) in [5, 5.41) is 0. The van der Waals surface area contributed by atoms with Crippen LogP contribution in [0.4, 0.5) is 0 Å². The minimum Gasteiger partial charge on any atom is -0.469 e. The number of rotatable bonds is 6. The fourth-order valence-electron chi connectivity index (χ4n) is 1.49. The van der Waals surface area contributed by atoms with Gasteiger partial charge in [-0.1, -0.05) is 30.3 Å². The molecule has 0 aromatic heterocycles. The summed E-state index contributed by atoms with van der Waals surface area (Å²) in [7, 11) is 1.30. The number of hydrogen-bond donors (Lipinski definition) is 1. The molecule has 0 fully saturated rings. The lowest BCUT2D eigenvalue weighted by Crippen LogP contribution is -2.33. The van der Waals surface area contributed by atoms with Gasteiger partial charge in [-0.3, -0.25) is 9.59 Å². The summed E-state index contributed by atoms with van der Waals surface area (Å²) >= 11 is 0. The van der Waals surface area contributed by atoms with E-state index in [2.05, 4.69) is 4.74 Å². The molecule has 0 radical (unpaired) electrons. The topological polar surface area (TPSA) is 69.4 Å². The van der Waals surface area contributed by atoms with Crippen LogP contribution in [0.2, 0.25) is 0 Å². The summed E-state index contributed by atoms with van der Waals surface area (Å²) in [5.41, 5.74) is 6.80. The quantitative estimate of drug-likeness (QED) is 0.749. The molecule has 17 heavy (non-hydrogen) atoms. The smallest absolute Gasteiger partial charge is 0.305 e. The molecule has 1 aromatic rings. The zero-order valence-corrected chi connectivity index (χ0v) is 9.89. The third-order valence-corrected chi connectivity index (χ3v) is 2.52. The molecule has 92 valence electrons. The maximum atomic E-state index is 11.6. The molecule has 1 rings (SSSR count). The van der Waals surface area contributed by atoms with Gasteiger partial charge in [-0.25, -0.2) is 0 Å². The van der Waals surface area contributed by atoms with Crippen LogP contribution in [0.1, 0.15) is 18.4 Å². The second-order valence-corrected chi connectivity index (χ2v) is 3.84. The summed E-state index contributed by atoms with van der Waals surface area (Å²) in [4.78, 5) is 22.5. The standard InChI is InChI=1S/C13H17NO3/c1-17-13(16)8-7-12(15)11(14)9-10-5-3-2-4-6-10/h2-6,11H,7-9,14H2,1H3/t11-/m0/s1. The van der Waals surface area contributed by atoms with Crippen LogP contribution in [0.15, 0.2) is 30.3 Å². The normalized spacial score (nSPS) is 11.9. The molecule has 4 heteroatoms. The minimum absolute atomic E-state index is 0.0951. The Bertz CT molecular complexity index is 376. The molecule has 0 saturated heterocycles. The number of benzene rings is 1. The van der Waals surface area contributed by atoms with E-state index in [9.17, 15) is 9.59 Å². The number of Topliss-reactive ketones (excluding diaryl/α,β-unsaturated/α-hetero) is 1. The molecule has 0 unspecified atom stereocenters. The largest absolute Gasteiger partial charge is 0.469 e. The Kier molecular flexibility index (Phi) is 5.36. The molecule has 0 saturated carbocycles. The van der Waals surface area contributed by atoms with E-state index < -0.39 is 6.04 Å². The summed E-state index contributed by atoms with van der Waals surface area (Å²) in [6.07, 6.45) is 0.735. The molecule has 1 aromatic carbocycles. The van der Waals surface area contributed by atoms with Gasteiger partial charge in [0.15, 0.2) is 0 Å². The van der Waals surface area contributed by atoms with Crippen molar-refractivity contribution in [3.05, 3.63) is 35.9 Å². The third-order valence-electron chi connectivity index (χ3n) is 2.52. The van der Waals surface area contributed by atoms with Crippen molar-refractivity contribution >= 4 is 11.8 Å². The molecular weight excluding hydrogens is 218 g/mol. The van der Waals surface area contributed by atoms with Crippen molar-refractivity contribution in [3.8, 4) is 0 Å². The number of ether oxygens (including phenoxy) is 1. The van der Waals surface area contributed by atoms with Gasteiger partial charge in [0.25, 0.3) is 0 Å². The van der Waals surface area contributed by atoms with Crippen LogP contribution >= 0.6 is 0 Å². The molecule has 0 amide bonds. The first-order valence-corrected chi connectivity index (χ1v) is 5.52.